The van der Waals surface area contributed by atoms with Crippen LogP contribution in [0.1, 0.15) is 28.8 Å². The van der Waals surface area contributed by atoms with Crippen molar-refractivity contribution in [3.8, 4) is 0 Å². The van der Waals surface area contributed by atoms with Gasteiger partial charge in [-0.3, -0.25) is 4.79 Å². The van der Waals surface area contributed by atoms with Gasteiger partial charge >= 0.3 is 0 Å². The molecule has 1 aliphatic rings. The molecule has 1 N–H and O–H groups in total. The van der Waals surface area contributed by atoms with Crippen LogP contribution in [0, 0.1) is 5.82 Å². The zero-order valence-electron chi connectivity index (χ0n) is 12.7. The van der Waals surface area contributed by atoms with Gasteiger partial charge in [0.25, 0.3) is 5.91 Å². The minimum Gasteiger partial charge on any atom is -0.372 e. The van der Waals surface area contributed by atoms with E-state index in [0.717, 1.165) is 18.7 Å². The standard InChI is InChI=1S/C18H18FN3O/c19-16-5-3-4-15(12-16)18(23)21-20-13-14-6-8-17(9-7-14)22-10-1-2-11-22/h3-9,12-13H,1-2,10-11H2,(H,21,23)/b20-13-. The second-order valence-corrected chi connectivity index (χ2v) is 5.50. The molecule has 4 nitrogen and oxygen atoms in total. The lowest BCUT2D eigenvalue weighted by molar-refractivity contribution is 0.0954. The van der Waals surface area contributed by atoms with Crippen molar-refractivity contribution in [1.29, 1.82) is 0 Å². The van der Waals surface area contributed by atoms with E-state index in [9.17, 15) is 9.18 Å². The average molecular weight is 311 g/mol. The number of hydrogen-bond donors (Lipinski definition) is 1. The van der Waals surface area contributed by atoms with E-state index in [1.165, 1.54) is 36.7 Å². The molecule has 2 aromatic carbocycles. The molecule has 118 valence electrons. The van der Waals surface area contributed by atoms with Gasteiger partial charge in [-0.2, -0.15) is 5.10 Å². The molecule has 0 unspecified atom stereocenters. The predicted octanol–water partition coefficient (Wildman–Crippen LogP) is 3.19. The summed E-state index contributed by atoms with van der Waals surface area (Å²) in [7, 11) is 0. The molecule has 1 fully saturated rings. The summed E-state index contributed by atoms with van der Waals surface area (Å²) in [6.07, 6.45) is 4.07. The Bertz CT molecular complexity index is 706. The first-order chi connectivity index (χ1) is 11.2. The van der Waals surface area contributed by atoms with Gasteiger partial charge in [-0.15, -0.1) is 0 Å². The molecule has 1 heterocycles. The van der Waals surface area contributed by atoms with Crippen LogP contribution in [-0.4, -0.2) is 25.2 Å². The Morgan fingerprint density at radius 1 is 1.13 bits per heavy atom. The quantitative estimate of drug-likeness (QED) is 0.696. The van der Waals surface area contributed by atoms with Crippen molar-refractivity contribution in [2.75, 3.05) is 18.0 Å². The fraction of sp³-hybridized carbons (Fsp3) is 0.222. The third kappa shape index (κ3) is 3.94. The summed E-state index contributed by atoms with van der Waals surface area (Å²) < 4.78 is 13.1. The Balaban J connectivity index is 1.58. The van der Waals surface area contributed by atoms with Crippen LogP contribution in [0.2, 0.25) is 0 Å². The predicted molar refractivity (Wildman–Crippen MR) is 89.3 cm³/mol. The number of hydrazone groups is 1. The van der Waals surface area contributed by atoms with Crippen molar-refractivity contribution in [3.63, 3.8) is 0 Å². The molecule has 0 aromatic heterocycles. The van der Waals surface area contributed by atoms with Gasteiger partial charge in [0.2, 0.25) is 0 Å². The second-order valence-electron chi connectivity index (χ2n) is 5.50. The number of nitrogens with zero attached hydrogens (tertiary/aromatic N) is 2. The Morgan fingerprint density at radius 3 is 2.57 bits per heavy atom. The number of amides is 1. The van der Waals surface area contributed by atoms with Crippen molar-refractivity contribution in [2.24, 2.45) is 5.10 Å². The molecule has 0 bridgehead atoms. The third-order valence-electron chi connectivity index (χ3n) is 3.83. The molecule has 1 aliphatic heterocycles. The number of anilines is 1. The number of carbonyl (C=O) groups is 1. The van der Waals surface area contributed by atoms with Gasteiger partial charge in [0, 0.05) is 24.3 Å². The second kappa shape index (κ2) is 7.05. The van der Waals surface area contributed by atoms with Crippen LogP contribution < -0.4 is 10.3 Å². The van der Waals surface area contributed by atoms with Crippen LogP contribution >= 0.6 is 0 Å². The van der Waals surface area contributed by atoms with Gasteiger partial charge in [-0.1, -0.05) is 18.2 Å². The molecule has 3 rings (SSSR count). The highest BCUT2D eigenvalue weighted by atomic mass is 19.1. The molecule has 0 spiro atoms. The van der Waals surface area contributed by atoms with E-state index >= 15 is 0 Å². The number of carbonyl (C=O) groups excluding carboxylic acids is 1. The highest BCUT2D eigenvalue weighted by Crippen LogP contribution is 2.19. The van der Waals surface area contributed by atoms with Crippen LogP contribution in [0.4, 0.5) is 10.1 Å². The zero-order chi connectivity index (χ0) is 16.1. The summed E-state index contributed by atoms with van der Waals surface area (Å²) in [5.41, 5.74) is 4.75. The maximum absolute atomic E-state index is 13.1. The molecule has 2 aromatic rings. The molecule has 0 radical (unpaired) electrons. The molecule has 0 aliphatic carbocycles. The Morgan fingerprint density at radius 2 is 1.87 bits per heavy atom. The minimum atomic E-state index is -0.445. The maximum atomic E-state index is 13.1. The number of nitrogens with one attached hydrogen (secondary N) is 1. The lowest BCUT2D eigenvalue weighted by Crippen LogP contribution is -2.18. The van der Waals surface area contributed by atoms with Crippen LogP contribution in [0.5, 0.6) is 0 Å². The summed E-state index contributed by atoms with van der Waals surface area (Å²) in [5.74, 6) is -0.881. The van der Waals surface area contributed by atoms with Crippen LogP contribution in [0.25, 0.3) is 0 Å². The minimum absolute atomic E-state index is 0.242. The van der Waals surface area contributed by atoms with E-state index in [4.69, 9.17) is 0 Å². The fourth-order valence-electron chi connectivity index (χ4n) is 2.61. The van der Waals surface area contributed by atoms with E-state index in [2.05, 4.69) is 27.6 Å². The fourth-order valence-corrected chi connectivity index (χ4v) is 2.61. The number of hydrogen-bond acceptors (Lipinski definition) is 3. The maximum Gasteiger partial charge on any atom is 0.271 e. The highest BCUT2D eigenvalue weighted by Gasteiger charge is 2.11. The number of halogens is 1. The van der Waals surface area contributed by atoms with E-state index in [1.807, 2.05) is 12.1 Å². The van der Waals surface area contributed by atoms with Gasteiger partial charge in [0.05, 0.1) is 6.21 Å². The average Bonchev–Trinajstić information content (AvgIpc) is 3.10. The molecule has 23 heavy (non-hydrogen) atoms. The highest BCUT2D eigenvalue weighted by molar-refractivity contribution is 5.94. The van der Waals surface area contributed by atoms with Crippen molar-refractivity contribution in [2.45, 2.75) is 12.8 Å². The summed E-state index contributed by atoms with van der Waals surface area (Å²) in [4.78, 5) is 14.2. The van der Waals surface area contributed by atoms with Gasteiger partial charge in [0.15, 0.2) is 0 Å². The summed E-state index contributed by atoms with van der Waals surface area (Å²) >= 11 is 0. The topological polar surface area (TPSA) is 44.7 Å². The summed E-state index contributed by atoms with van der Waals surface area (Å²) in [6, 6.07) is 13.5. The zero-order valence-corrected chi connectivity index (χ0v) is 12.7. The summed E-state index contributed by atoms with van der Waals surface area (Å²) in [5, 5.41) is 3.91. The van der Waals surface area contributed by atoms with Crippen molar-refractivity contribution in [3.05, 3.63) is 65.5 Å². The van der Waals surface area contributed by atoms with E-state index in [1.54, 1.807) is 12.3 Å². The van der Waals surface area contributed by atoms with Crippen molar-refractivity contribution in [1.82, 2.24) is 5.43 Å². The van der Waals surface area contributed by atoms with E-state index in [0.29, 0.717) is 0 Å². The first kappa shape index (κ1) is 15.2. The molecule has 1 amide bonds. The molecule has 1 saturated heterocycles. The van der Waals surface area contributed by atoms with Gasteiger partial charge in [-0.25, -0.2) is 9.82 Å². The van der Waals surface area contributed by atoms with Gasteiger partial charge in [-0.05, 0) is 48.7 Å². The smallest absolute Gasteiger partial charge is 0.271 e. The van der Waals surface area contributed by atoms with Crippen molar-refractivity contribution >= 4 is 17.8 Å². The summed E-state index contributed by atoms with van der Waals surface area (Å²) in [6.45, 7) is 2.22. The number of benzene rings is 2. The van der Waals surface area contributed by atoms with Crippen LogP contribution in [-0.2, 0) is 0 Å². The molecular formula is C18H18FN3O. The number of rotatable bonds is 4. The third-order valence-corrected chi connectivity index (χ3v) is 3.83. The monoisotopic (exact) mass is 311 g/mol. The Kier molecular flexibility index (Phi) is 4.66. The Labute approximate surface area is 134 Å². The SMILES string of the molecule is O=C(N/N=C\c1ccc(N2CCCC2)cc1)c1cccc(F)c1. The Hall–Kier alpha value is -2.69. The van der Waals surface area contributed by atoms with Gasteiger partial charge in [0.1, 0.15) is 5.82 Å². The van der Waals surface area contributed by atoms with E-state index in [-0.39, 0.29) is 5.56 Å². The van der Waals surface area contributed by atoms with E-state index < -0.39 is 11.7 Å². The first-order valence-corrected chi connectivity index (χ1v) is 7.66. The van der Waals surface area contributed by atoms with Crippen molar-refractivity contribution < 1.29 is 9.18 Å². The lowest BCUT2D eigenvalue weighted by atomic mass is 10.2. The largest absolute Gasteiger partial charge is 0.372 e. The first-order valence-electron chi connectivity index (χ1n) is 7.66. The lowest BCUT2D eigenvalue weighted by Gasteiger charge is -2.17. The van der Waals surface area contributed by atoms with Crippen LogP contribution in [0.15, 0.2) is 53.6 Å². The molecule has 0 atom stereocenters. The normalized spacial score (nSPS) is 14.4. The molecular weight excluding hydrogens is 293 g/mol. The van der Waals surface area contributed by atoms with Crippen LogP contribution in [0.3, 0.4) is 0 Å². The van der Waals surface area contributed by atoms with Gasteiger partial charge < -0.3 is 4.90 Å². The molecule has 0 saturated carbocycles. The molecule has 5 heteroatoms.